The van der Waals surface area contributed by atoms with Gasteiger partial charge in [0.1, 0.15) is 12.6 Å². The van der Waals surface area contributed by atoms with Crippen molar-refractivity contribution in [1.82, 2.24) is 14.8 Å². The Labute approximate surface area is 296 Å². The molecule has 266 valence electrons. The highest BCUT2D eigenvalue weighted by Crippen LogP contribution is 2.24. The number of nitrogens with zero attached hydrogens (tertiary/aromatic N) is 2. The van der Waals surface area contributed by atoms with E-state index < -0.39 is 11.9 Å². The van der Waals surface area contributed by atoms with Gasteiger partial charge in [-0.15, -0.1) is 0 Å². The Balaban J connectivity index is 1.57. The minimum Gasteiger partial charge on any atom is -0.461 e. The van der Waals surface area contributed by atoms with E-state index >= 15 is 0 Å². The maximum absolute atomic E-state index is 14.4. The number of nitrogens with one attached hydrogen (secondary N) is 1. The van der Waals surface area contributed by atoms with Gasteiger partial charge in [0.25, 0.3) is 5.91 Å². The van der Waals surface area contributed by atoms with Crippen LogP contribution in [-0.2, 0) is 32.3 Å². The van der Waals surface area contributed by atoms with Crippen LogP contribution in [0, 0.1) is 0 Å². The number of benzene rings is 3. The van der Waals surface area contributed by atoms with Crippen LogP contribution in [0.25, 0.3) is 10.9 Å². The van der Waals surface area contributed by atoms with Crippen molar-refractivity contribution in [3.63, 3.8) is 0 Å². The Bertz CT molecular complexity index is 1670. The number of ether oxygens (including phenoxy) is 1. The average molecular weight is 681 g/mol. The van der Waals surface area contributed by atoms with Crippen molar-refractivity contribution in [1.29, 1.82) is 0 Å². The van der Waals surface area contributed by atoms with Gasteiger partial charge in [0, 0.05) is 49.1 Å². The number of fused-ring (bicyclic) bond motifs is 1. The first-order valence-electron chi connectivity index (χ1n) is 18.0. The summed E-state index contributed by atoms with van der Waals surface area (Å²) in [6.07, 6.45) is 7.87. The molecule has 3 aromatic carbocycles. The van der Waals surface area contributed by atoms with Crippen molar-refractivity contribution >= 4 is 34.6 Å². The van der Waals surface area contributed by atoms with Crippen LogP contribution in [0.2, 0.25) is 0 Å². The van der Waals surface area contributed by atoms with Crippen molar-refractivity contribution in [3.05, 3.63) is 108 Å². The van der Waals surface area contributed by atoms with Gasteiger partial charge in [0.15, 0.2) is 0 Å². The van der Waals surface area contributed by atoms with Gasteiger partial charge in [0.2, 0.25) is 11.8 Å². The molecule has 4 rings (SSSR count). The van der Waals surface area contributed by atoms with E-state index in [2.05, 4.69) is 12.2 Å². The Morgan fingerprint density at radius 3 is 2.16 bits per heavy atom. The van der Waals surface area contributed by atoms with Gasteiger partial charge >= 0.3 is 5.97 Å². The summed E-state index contributed by atoms with van der Waals surface area (Å²) in [5, 5.41) is 3.83. The predicted octanol–water partition coefficient (Wildman–Crippen LogP) is 7.15. The predicted molar refractivity (Wildman–Crippen MR) is 197 cm³/mol. The van der Waals surface area contributed by atoms with Gasteiger partial charge in [-0.05, 0) is 42.9 Å². The van der Waals surface area contributed by atoms with Crippen LogP contribution in [-0.4, -0.2) is 51.8 Å². The van der Waals surface area contributed by atoms with Crippen LogP contribution >= 0.6 is 0 Å². The molecule has 0 fully saturated rings. The normalized spacial score (nSPS) is 12.3. The van der Waals surface area contributed by atoms with Crippen LogP contribution in [0.15, 0.2) is 91.1 Å². The second kappa shape index (κ2) is 19.9. The molecule has 1 heterocycles. The zero-order chi connectivity index (χ0) is 35.7. The first-order valence-corrected chi connectivity index (χ1v) is 18.0. The third-order valence-corrected chi connectivity index (χ3v) is 8.96. The van der Waals surface area contributed by atoms with Crippen LogP contribution < -0.4 is 11.1 Å². The van der Waals surface area contributed by atoms with Crippen molar-refractivity contribution in [3.8, 4) is 0 Å². The Morgan fingerprint density at radius 1 is 0.800 bits per heavy atom. The standard InChI is InChI=1S/C41H52N4O5/c1-3-5-6-13-21-33(27-38(42)46)45(26-4-2)41(49)36(23-16-25-39(47)50-30-32-19-11-8-12-20-32)43-40(48)35-29-44(28-31-17-9-7-10-18-31)37-24-15-14-22-34(35)37/h7-12,14-15,17-20,22,24,29,33,36H,3-6,13,16,21,23,25-28,30H2,1-2H3,(H2,42,46)(H,43,48)/t33-,36-/m0/s1. The van der Waals surface area contributed by atoms with Gasteiger partial charge in [0.05, 0.1) is 5.56 Å². The Morgan fingerprint density at radius 2 is 1.48 bits per heavy atom. The van der Waals surface area contributed by atoms with E-state index in [0.717, 1.165) is 47.7 Å². The number of rotatable bonds is 21. The molecule has 9 heteroatoms. The lowest BCUT2D eigenvalue weighted by atomic mass is 10.00. The number of carbonyl (C=O) groups is 4. The van der Waals surface area contributed by atoms with Gasteiger partial charge in [-0.2, -0.15) is 0 Å². The fourth-order valence-corrected chi connectivity index (χ4v) is 6.41. The lowest BCUT2D eigenvalue weighted by Gasteiger charge is -2.34. The second-order valence-corrected chi connectivity index (χ2v) is 12.9. The highest BCUT2D eigenvalue weighted by atomic mass is 16.5. The van der Waals surface area contributed by atoms with Crippen molar-refractivity contribution in [2.45, 2.75) is 103 Å². The molecule has 3 N–H and O–H groups in total. The highest BCUT2D eigenvalue weighted by Gasteiger charge is 2.32. The lowest BCUT2D eigenvalue weighted by Crippen LogP contribution is -2.53. The van der Waals surface area contributed by atoms with Gasteiger partial charge in [-0.1, -0.05) is 118 Å². The van der Waals surface area contributed by atoms with E-state index in [0.29, 0.717) is 37.9 Å². The minimum atomic E-state index is -0.918. The number of unbranched alkanes of at least 4 members (excludes halogenated alkanes) is 3. The van der Waals surface area contributed by atoms with Crippen molar-refractivity contribution in [2.75, 3.05) is 6.54 Å². The number of aromatic nitrogens is 1. The summed E-state index contributed by atoms with van der Waals surface area (Å²) in [7, 11) is 0. The van der Waals surface area contributed by atoms with Crippen molar-refractivity contribution < 1.29 is 23.9 Å². The molecule has 0 saturated carbocycles. The molecule has 50 heavy (non-hydrogen) atoms. The summed E-state index contributed by atoms with van der Waals surface area (Å²) in [5.74, 6) is -1.48. The second-order valence-electron chi connectivity index (χ2n) is 12.9. The number of hydrogen-bond donors (Lipinski definition) is 2. The van der Waals surface area contributed by atoms with Crippen molar-refractivity contribution in [2.24, 2.45) is 5.73 Å². The molecule has 0 radical (unpaired) electrons. The molecule has 0 aliphatic carbocycles. The number of amides is 3. The van der Waals surface area contributed by atoms with Gasteiger partial charge < -0.3 is 25.3 Å². The van der Waals surface area contributed by atoms with Crippen LogP contribution in [0.4, 0.5) is 0 Å². The molecule has 9 nitrogen and oxygen atoms in total. The van der Waals surface area contributed by atoms with Gasteiger partial charge in [-0.25, -0.2) is 0 Å². The Hall–Kier alpha value is -4.92. The Kier molecular flexibility index (Phi) is 15.1. The summed E-state index contributed by atoms with van der Waals surface area (Å²) in [5.41, 5.74) is 9.05. The highest BCUT2D eigenvalue weighted by molar-refractivity contribution is 6.08. The van der Waals surface area contributed by atoms with E-state index in [9.17, 15) is 19.2 Å². The van der Waals surface area contributed by atoms with Gasteiger partial charge in [-0.3, -0.25) is 19.2 Å². The zero-order valence-corrected chi connectivity index (χ0v) is 29.5. The SMILES string of the molecule is CCCCCC[C@@H](CC(N)=O)N(CCC)C(=O)[C@H](CCCC(=O)OCc1ccccc1)NC(=O)c1cn(Cc2ccccc2)c2ccccc12. The molecular weight excluding hydrogens is 628 g/mol. The molecule has 0 bridgehead atoms. The fourth-order valence-electron chi connectivity index (χ4n) is 6.41. The fraction of sp³-hybridized carbons (Fsp3) is 0.415. The number of carbonyl (C=O) groups excluding carboxylic acids is 4. The van der Waals surface area contributed by atoms with E-state index in [1.165, 1.54) is 0 Å². The molecule has 1 aromatic heterocycles. The topological polar surface area (TPSA) is 124 Å². The first kappa shape index (κ1) is 37.9. The summed E-state index contributed by atoms with van der Waals surface area (Å²) in [6.45, 7) is 5.29. The van der Waals surface area contributed by atoms with E-state index in [1.807, 2.05) is 103 Å². The molecule has 4 aromatic rings. The summed E-state index contributed by atoms with van der Waals surface area (Å²) in [6, 6.07) is 25.9. The molecule has 0 saturated heterocycles. The number of esters is 1. The number of primary amides is 1. The summed E-state index contributed by atoms with van der Waals surface area (Å²) in [4.78, 5) is 55.2. The number of hydrogen-bond acceptors (Lipinski definition) is 5. The summed E-state index contributed by atoms with van der Waals surface area (Å²) < 4.78 is 7.52. The lowest BCUT2D eigenvalue weighted by molar-refractivity contribution is -0.145. The third-order valence-electron chi connectivity index (χ3n) is 8.96. The number of nitrogens with two attached hydrogens (primary N) is 1. The molecule has 0 spiro atoms. The largest absolute Gasteiger partial charge is 0.461 e. The molecule has 3 amide bonds. The van der Waals surface area contributed by atoms with Crippen LogP contribution in [0.1, 0.15) is 99.5 Å². The summed E-state index contributed by atoms with van der Waals surface area (Å²) >= 11 is 0. The molecular formula is C41H52N4O5. The smallest absolute Gasteiger partial charge is 0.306 e. The van der Waals surface area contributed by atoms with E-state index in [-0.39, 0.29) is 49.7 Å². The van der Waals surface area contributed by atoms with Crippen LogP contribution in [0.3, 0.4) is 0 Å². The third kappa shape index (κ3) is 11.3. The zero-order valence-electron chi connectivity index (χ0n) is 29.5. The van der Waals surface area contributed by atoms with Crippen LogP contribution in [0.5, 0.6) is 0 Å². The maximum Gasteiger partial charge on any atom is 0.306 e. The average Bonchev–Trinajstić information content (AvgIpc) is 3.49. The quantitative estimate of drug-likeness (QED) is 0.0715. The maximum atomic E-state index is 14.4. The minimum absolute atomic E-state index is 0.0529. The van der Waals surface area contributed by atoms with E-state index in [1.54, 1.807) is 4.90 Å². The number of para-hydroxylation sites is 1. The molecule has 0 aliphatic heterocycles. The van der Waals surface area contributed by atoms with E-state index in [4.69, 9.17) is 10.5 Å². The molecule has 2 atom stereocenters. The molecule has 0 unspecified atom stereocenters. The first-order chi connectivity index (χ1) is 24.3. The monoisotopic (exact) mass is 680 g/mol. The molecule has 0 aliphatic rings.